The van der Waals surface area contributed by atoms with E-state index in [1.54, 1.807) is 36.5 Å². The van der Waals surface area contributed by atoms with E-state index >= 15 is 0 Å². The Bertz CT molecular complexity index is 882. The van der Waals surface area contributed by atoms with Crippen molar-refractivity contribution in [3.05, 3.63) is 63.6 Å². The van der Waals surface area contributed by atoms with Crippen LogP contribution in [0.2, 0.25) is 0 Å². The molecule has 0 radical (unpaired) electrons. The molecule has 20 heavy (non-hydrogen) atoms. The average Bonchev–Trinajstić information content (AvgIpc) is 2.48. The number of methoxy groups -OCH3 is 1. The highest BCUT2D eigenvalue weighted by Crippen LogP contribution is 2.15. The van der Waals surface area contributed by atoms with Gasteiger partial charge < -0.3 is 9.72 Å². The Kier molecular flexibility index (Phi) is 2.83. The van der Waals surface area contributed by atoms with Gasteiger partial charge in [-0.1, -0.05) is 0 Å². The van der Waals surface area contributed by atoms with Gasteiger partial charge >= 0.3 is 5.69 Å². The van der Waals surface area contributed by atoms with E-state index < -0.39 is 11.2 Å². The van der Waals surface area contributed by atoms with E-state index in [1.807, 2.05) is 0 Å². The van der Waals surface area contributed by atoms with Crippen LogP contribution in [-0.4, -0.2) is 21.6 Å². The maximum Gasteiger partial charge on any atom is 0.333 e. The van der Waals surface area contributed by atoms with Gasteiger partial charge in [-0.05, 0) is 30.3 Å². The molecule has 100 valence electrons. The third-order valence-corrected chi connectivity index (χ3v) is 3.01. The number of benzene rings is 1. The molecule has 0 amide bonds. The van der Waals surface area contributed by atoms with E-state index in [2.05, 4.69) is 9.97 Å². The summed E-state index contributed by atoms with van der Waals surface area (Å²) in [5.74, 6) is 0.555. The smallest absolute Gasteiger partial charge is 0.333 e. The zero-order chi connectivity index (χ0) is 14.1. The quantitative estimate of drug-likeness (QED) is 0.755. The Morgan fingerprint density at radius 1 is 1.25 bits per heavy atom. The highest BCUT2D eigenvalue weighted by Gasteiger charge is 2.10. The molecule has 2 heterocycles. The molecule has 1 N–H and O–H groups in total. The zero-order valence-corrected chi connectivity index (χ0v) is 10.7. The van der Waals surface area contributed by atoms with E-state index in [1.165, 1.54) is 13.3 Å². The van der Waals surface area contributed by atoms with Gasteiger partial charge in [0.05, 0.1) is 29.9 Å². The summed E-state index contributed by atoms with van der Waals surface area (Å²) >= 11 is 0. The predicted octanol–water partition coefficient (Wildman–Crippen LogP) is 1.08. The molecule has 2 aromatic heterocycles. The maximum absolute atomic E-state index is 12.5. The van der Waals surface area contributed by atoms with E-state index in [0.29, 0.717) is 22.3 Å². The fraction of sp³-hybridized carbons (Fsp3) is 0.0714. The first-order chi connectivity index (χ1) is 9.70. The molecule has 0 saturated carbocycles. The zero-order valence-electron chi connectivity index (χ0n) is 10.7. The van der Waals surface area contributed by atoms with Crippen molar-refractivity contribution in [2.75, 3.05) is 7.11 Å². The largest absolute Gasteiger partial charge is 0.497 e. The van der Waals surface area contributed by atoms with Crippen molar-refractivity contribution in [1.82, 2.24) is 14.5 Å². The Morgan fingerprint density at radius 2 is 2.10 bits per heavy atom. The van der Waals surface area contributed by atoms with E-state index in [9.17, 15) is 9.59 Å². The second kappa shape index (κ2) is 4.65. The third kappa shape index (κ3) is 1.87. The molecule has 0 bridgehead atoms. The first-order valence-electron chi connectivity index (χ1n) is 5.94. The second-order valence-electron chi connectivity index (χ2n) is 4.19. The summed E-state index contributed by atoms with van der Waals surface area (Å²) in [4.78, 5) is 31.1. The molecule has 3 aromatic rings. The third-order valence-electron chi connectivity index (χ3n) is 3.01. The minimum absolute atomic E-state index is 0.382. The molecule has 0 saturated heterocycles. The van der Waals surface area contributed by atoms with Crippen LogP contribution >= 0.6 is 0 Å². The van der Waals surface area contributed by atoms with Gasteiger partial charge in [0, 0.05) is 6.20 Å². The van der Waals surface area contributed by atoms with E-state index in [4.69, 9.17) is 4.74 Å². The number of rotatable bonds is 2. The van der Waals surface area contributed by atoms with Crippen LogP contribution in [0.15, 0.2) is 52.3 Å². The molecule has 6 nitrogen and oxygen atoms in total. The molecule has 3 rings (SSSR count). The minimum Gasteiger partial charge on any atom is -0.497 e. The number of ether oxygens (including phenoxy) is 1. The topological polar surface area (TPSA) is 77.0 Å². The van der Waals surface area contributed by atoms with E-state index in [0.717, 1.165) is 4.57 Å². The minimum atomic E-state index is -0.499. The van der Waals surface area contributed by atoms with Gasteiger partial charge in [-0.3, -0.25) is 9.78 Å². The lowest BCUT2D eigenvalue weighted by molar-refractivity contribution is 0.415. The van der Waals surface area contributed by atoms with Crippen LogP contribution in [0.25, 0.3) is 16.6 Å². The van der Waals surface area contributed by atoms with Crippen molar-refractivity contribution in [2.24, 2.45) is 0 Å². The van der Waals surface area contributed by atoms with Gasteiger partial charge in [0.15, 0.2) is 0 Å². The fourth-order valence-corrected chi connectivity index (χ4v) is 2.04. The van der Waals surface area contributed by atoms with E-state index in [-0.39, 0.29) is 0 Å². The van der Waals surface area contributed by atoms with Gasteiger partial charge in [0.25, 0.3) is 5.56 Å². The summed E-state index contributed by atoms with van der Waals surface area (Å²) in [7, 11) is 1.52. The molecule has 0 atom stereocenters. The Morgan fingerprint density at radius 3 is 2.80 bits per heavy atom. The molecule has 0 fully saturated rings. The lowest BCUT2D eigenvalue weighted by Crippen LogP contribution is -2.33. The molecule has 0 spiro atoms. The van der Waals surface area contributed by atoms with Gasteiger partial charge in [-0.25, -0.2) is 9.36 Å². The number of hydrogen-bond acceptors (Lipinski definition) is 4. The SMILES string of the molecule is COc1ccc2[nH]c(=O)n(-c3cccnc3)c(=O)c2c1. The molecular weight excluding hydrogens is 258 g/mol. The van der Waals surface area contributed by atoms with Crippen LogP contribution in [0.3, 0.4) is 0 Å². The predicted molar refractivity (Wildman–Crippen MR) is 74.5 cm³/mol. The number of nitrogens with one attached hydrogen (secondary N) is 1. The summed E-state index contributed by atoms with van der Waals surface area (Å²) in [6.45, 7) is 0. The van der Waals surface area contributed by atoms with Crippen LogP contribution in [-0.2, 0) is 0 Å². The van der Waals surface area contributed by atoms with Crippen molar-refractivity contribution >= 4 is 10.9 Å². The Labute approximate surface area is 113 Å². The van der Waals surface area contributed by atoms with Crippen LogP contribution in [0.5, 0.6) is 5.75 Å². The summed E-state index contributed by atoms with van der Waals surface area (Å²) in [6.07, 6.45) is 3.04. The van der Waals surface area contributed by atoms with Crippen molar-refractivity contribution in [2.45, 2.75) is 0 Å². The van der Waals surface area contributed by atoms with Crippen LogP contribution in [0.1, 0.15) is 0 Å². The maximum atomic E-state index is 12.5. The molecular formula is C14H11N3O3. The summed E-state index contributed by atoms with van der Waals surface area (Å²) in [5.41, 5.74) is -0.0132. The number of hydrogen-bond donors (Lipinski definition) is 1. The highest BCUT2D eigenvalue weighted by molar-refractivity contribution is 5.79. The monoisotopic (exact) mass is 269 g/mol. The molecule has 0 aliphatic heterocycles. The standard InChI is InChI=1S/C14H11N3O3/c1-20-10-4-5-12-11(7-10)13(18)17(14(19)16-12)9-3-2-6-15-8-9/h2-8H,1H3,(H,16,19). The number of aromatic amines is 1. The Balaban J connectivity index is 2.39. The number of fused-ring (bicyclic) bond motifs is 1. The number of nitrogens with zero attached hydrogens (tertiary/aromatic N) is 2. The fourth-order valence-electron chi connectivity index (χ4n) is 2.04. The van der Waals surface area contributed by atoms with Crippen molar-refractivity contribution in [3.8, 4) is 11.4 Å². The van der Waals surface area contributed by atoms with Gasteiger partial charge in [-0.15, -0.1) is 0 Å². The normalized spacial score (nSPS) is 10.7. The lowest BCUT2D eigenvalue weighted by atomic mass is 10.2. The molecule has 0 aliphatic carbocycles. The number of aromatic nitrogens is 3. The first-order valence-corrected chi connectivity index (χ1v) is 5.94. The van der Waals surface area contributed by atoms with Gasteiger partial charge in [0.2, 0.25) is 0 Å². The molecule has 6 heteroatoms. The number of H-pyrrole nitrogens is 1. The second-order valence-corrected chi connectivity index (χ2v) is 4.19. The lowest BCUT2D eigenvalue weighted by Gasteiger charge is -2.06. The first kappa shape index (κ1) is 12.2. The van der Waals surface area contributed by atoms with Gasteiger partial charge in [0.1, 0.15) is 5.75 Å². The van der Waals surface area contributed by atoms with Crippen LogP contribution < -0.4 is 16.0 Å². The van der Waals surface area contributed by atoms with Crippen molar-refractivity contribution < 1.29 is 4.74 Å². The van der Waals surface area contributed by atoms with Crippen LogP contribution in [0, 0.1) is 0 Å². The molecule has 1 aromatic carbocycles. The average molecular weight is 269 g/mol. The van der Waals surface area contributed by atoms with Gasteiger partial charge in [-0.2, -0.15) is 0 Å². The summed E-state index contributed by atoms with van der Waals surface area (Å²) < 4.78 is 6.15. The van der Waals surface area contributed by atoms with Crippen molar-refractivity contribution in [3.63, 3.8) is 0 Å². The number of pyridine rings is 1. The molecule has 0 unspecified atom stereocenters. The highest BCUT2D eigenvalue weighted by atomic mass is 16.5. The van der Waals surface area contributed by atoms with Crippen LogP contribution in [0.4, 0.5) is 0 Å². The Hall–Kier alpha value is -2.89. The molecule has 0 aliphatic rings. The summed E-state index contributed by atoms with van der Waals surface area (Å²) in [6, 6.07) is 8.24. The van der Waals surface area contributed by atoms with Crippen molar-refractivity contribution in [1.29, 1.82) is 0 Å². The summed E-state index contributed by atoms with van der Waals surface area (Å²) in [5, 5.41) is 0.382.